The van der Waals surface area contributed by atoms with Crippen molar-refractivity contribution in [1.29, 1.82) is 0 Å². The molecular weight excluding hydrogens is 354 g/mol. The fourth-order valence-corrected chi connectivity index (χ4v) is 4.22. The van der Waals surface area contributed by atoms with Gasteiger partial charge in [0.1, 0.15) is 5.69 Å². The van der Waals surface area contributed by atoms with Crippen LogP contribution < -0.4 is 4.72 Å². The number of carbonyl (C=O) groups is 2. The molecule has 0 spiro atoms. The van der Waals surface area contributed by atoms with E-state index in [9.17, 15) is 18.0 Å². The van der Waals surface area contributed by atoms with Gasteiger partial charge in [-0.1, -0.05) is 13.3 Å². The molecule has 1 fully saturated rings. The van der Waals surface area contributed by atoms with Crippen LogP contribution in [-0.2, 0) is 16.4 Å². The van der Waals surface area contributed by atoms with Gasteiger partial charge in [0.25, 0.3) is 5.91 Å². The molecule has 26 heavy (non-hydrogen) atoms. The van der Waals surface area contributed by atoms with Gasteiger partial charge < -0.3 is 9.88 Å². The second-order valence-electron chi connectivity index (χ2n) is 7.16. The number of H-pyrrole nitrogens is 1. The predicted octanol–water partition coefficient (Wildman–Crippen LogP) is 1.88. The predicted molar refractivity (Wildman–Crippen MR) is 101 cm³/mol. The van der Waals surface area contributed by atoms with Crippen LogP contribution >= 0.6 is 0 Å². The number of aromatic amines is 1. The highest BCUT2D eigenvalue weighted by molar-refractivity contribution is 7.88. The number of hydrogen-bond donors (Lipinski definition) is 2. The number of amides is 1. The van der Waals surface area contributed by atoms with E-state index in [0.29, 0.717) is 37.3 Å². The average Bonchev–Trinajstić information content (AvgIpc) is 2.89. The second-order valence-corrected chi connectivity index (χ2v) is 9.00. The van der Waals surface area contributed by atoms with Gasteiger partial charge in [-0.05, 0) is 44.6 Å². The Bertz CT molecular complexity index is 783. The highest BCUT2D eigenvalue weighted by Gasteiger charge is 2.29. The molecule has 2 heterocycles. The van der Waals surface area contributed by atoms with Crippen molar-refractivity contribution in [2.75, 3.05) is 25.9 Å². The van der Waals surface area contributed by atoms with E-state index in [1.807, 2.05) is 13.8 Å². The van der Waals surface area contributed by atoms with Crippen LogP contribution in [0.15, 0.2) is 0 Å². The zero-order chi connectivity index (χ0) is 19.5. The van der Waals surface area contributed by atoms with Crippen molar-refractivity contribution in [2.45, 2.75) is 46.5 Å². The van der Waals surface area contributed by atoms with Crippen molar-refractivity contribution in [3.8, 4) is 0 Å². The van der Waals surface area contributed by atoms with Crippen molar-refractivity contribution >= 4 is 21.7 Å². The highest BCUT2D eigenvalue weighted by Crippen LogP contribution is 2.25. The number of sulfonamides is 1. The first-order chi connectivity index (χ1) is 12.1. The normalized spacial score (nSPS) is 18.2. The van der Waals surface area contributed by atoms with Crippen LogP contribution in [-0.4, -0.2) is 55.9 Å². The number of nitrogens with zero attached hydrogens (tertiary/aromatic N) is 1. The summed E-state index contributed by atoms with van der Waals surface area (Å²) in [7, 11) is -3.24. The molecule has 1 aliphatic rings. The smallest absolute Gasteiger partial charge is 0.270 e. The molecule has 2 rings (SSSR count). The van der Waals surface area contributed by atoms with E-state index in [0.717, 1.165) is 36.8 Å². The van der Waals surface area contributed by atoms with Crippen molar-refractivity contribution in [3.63, 3.8) is 0 Å². The fraction of sp³-hybridized carbons (Fsp3) is 0.667. The first-order valence-electron chi connectivity index (χ1n) is 9.10. The Morgan fingerprint density at radius 1 is 1.35 bits per heavy atom. The fourth-order valence-electron chi connectivity index (χ4n) is 3.68. The number of hydrogen-bond acceptors (Lipinski definition) is 4. The zero-order valence-corrected chi connectivity index (χ0v) is 16.8. The molecular formula is C18H29N3O4S. The Balaban J connectivity index is 2.20. The van der Waals surface area contributed by atoms with E-state index in [-0.39, 0.29) is 17.6 Å². The van der Waals surface area contributed by atoms with Gasteiger partial charge in [-0.2, -0.15) is 0 Å². The number of likely N-dealkylation sites (tertiary alicyclic amines) is 1. The van der Waals surface area contributed by atoms with Crippen LogP contribution in [0.5, 0.6) is 0 Å². The number of Topliss-reactive ketones (excluding diaryl/α,β-unsaturated/α-hetero) is 1. The van der Waals surface area contributed by atoms with Gasteiger partial charge in [0.2, 0.25) is 10.0 Å². The summed E-state index contributed by atoms with van der Waals surface area (Å²) in [6.45, 7) is 6.87. The summed E-state index contributed by atoms with van der Waals surface area (Å²) in [4.78, 5) is 30.0. The van der Waals surface area contributed by atoms with Gasteiger partial charge >= 0.3 is 0 Å². The van der Waals surface area contributed by atoms with Crippen LogP contribution in [0.4, 0.5) is 0 Å². The van der Waals surface area contributed by atoms with E-state index < -0.39 is 10.0 Å². The molecule has 0 radical (unpaired) electrons. The minimum Gasteiger partial charge on any atom is -0.354 e. The van der Waals surface area contributed by atoms with Crippen LogP contribution in [0.2, 0.25) is 0 Å². The van der Waals surface area contributed by atoms with Crippen molar-refractivity contribution in [3.05, 3.63) is 22.5 Å². The molecule has 0 saturated carbocycles. The molecule has 1 aromatic heterocycles. The van der Waals surface area contributed by atoms with Crippen LogP contribution in [0.3, 0.4) is 0 Å². The topological polar surface area (TPSA) is 99.3 Å². The first kappa shape index (κ1) is 20.6. The monoisotopic (exact) mass is 383 g/mol. The summed E-state index contributed by atoms with van der Waals surface area (Å²) in [5.74, 6) is -0.0383. The molecule has 0 aliphatic carbocycles. The Hall–Kier alpha value is -1.67. The Kier molecular flexibility index (Phi) is 6.63. The van der Waals surface area contributed by atoms with Crippen molar-refractivity contribution in [2.24, 2.45) is 5.92 Å². The minimum atomic E-state index is -3.24. The van der Waals surface area contributed by atoms with Crippen LogP contribution in [0, 0.1) is 12.8 Å². The molecule has 0 aromatic carbocycles. The van der Waals surface area contributed by atoms with E-state index in [2.05, 4.69) is 9.71 Å². The van der Waals surface area contributed by atoms with E-state index in [1.165, 1.54) is 6.92 Å². The molecule has 146 valence electrons. The molecule has 0 unspecified atom stereocenters. The molecule has 1 amide bonds. The molecule has 8 heteroatoms. The largest absolute Gasteiger partial charge is 0.354 e. The Labute approximate surface area is 155 Å². The molecule has 7 nitrogen and oxygen atoms in total. The number of aryl methyl sites for hydroxylation is 1. The summed E-state index contributed by atoms with van der Waals surface area (Å²) < 4.78 is 25.1. The number of piperidine rings is 1. The molecule has 1 aromatic rings. The highest BCUT2D eigenvalue weighted by atomic mass is 32.2. The summed E-state index contributed by atoms with van der Waals surface area (Å²) in [5.41, 5.74) is 2.67. The minimum absolute atomic E-state index is 0.0323. The number of aromatic nitrogens is 1. The molecule has 2 N–H and O–H groups in total. The number of carbonyl (C=O) groups excluding carboxylic acids is 2. The number of nitrogens with one attached hydrogen (secondary N) is 2. The van der Waals surface area contributed by atoms with Gasteiger partial charge in [-0.3, -0.25) is 9.59 Å². The van der Waals surface area contributed by atoms with Crippen molar-refractivity contribution < 1.29 is 18.0 Å². The number of ketones is 1. The molecule has 1 saturated heterocycles. The maximum Gasteiger partial charge on any atom is 0.270 e. The summed E-state index contributed by atoms with van der Waals surface area (Å²) in [6.07, 6.45) is 4.38. The van der Waals surface area contributed by atoms with Gasteiger partial charge in [0.05, 0.1) is 6.26 Å². The summed E-state index contributed by atoms with van der Waals surface area (Å²) >= 11 is 0. The van der Waals surface area contributed by atoms with E-state index in [4.69, 9.17) is 0 Å². The lowest BCUT2D eigenvalue weighted by Crippen LogP contribution is -2.44. The first-order valence-corrected chi connectivity index (χ1v) is 11.0. The second kappa shape index (κ2) is 8.35. The van der Waals surface area contributed by atoms with Gasteiger partial charge in [0, 0.05) is 30.9 Å². The van der Waals surface area contributed by atoms with Crippen LogP contribution in [0.25, 0.3) is 0 Å². The van der Waals surface area contributed by atoms with Crippen molar-refractivity contribution in [1.82, 2.24) is 14.6 Å². The third-order valence-corrected chi connectivity index (χ3v) is 5.49. The summed E-state index contributed by atoms with van der Waals surface area (Å²) in [6, 6.07) is 0. The SMILES string of the molecule is CCCc1c(C(=O)N2CCC[C@H](CNS(C)(=O)=O)C2)[nH]c(C)c1C(C)=O. The maximum absolute atomic E-state index is 13.1. The van der Waals surface area contributed by atoms with E-state index in [1.54, 1.807) is 4.90 Å². The third-order valence-electron chi connectivity index (χ3n) is 4.80. The summed E-state index contributed by atoms with van der Waals surface area (Å²) in [5, 5.41) is 0. The van der Waals surface area contributed by atoms with Crippen LogP contribution in [0.1, 0.15) is 65.2 Å². The average molecular weight is 384 g/mol. The van der Waals surface area contributed by atoms with Gasteiger partial charge in [-0.15, -0.1) is 0 Å². The standard InChI is InChI=1S/C18H29N3O4S/c1-5-7-15-16(13(3)22)12(2)20-17(15)18(23)21-9-6-8-14(11-21)10-19-26(4,24)25/h14,19-20H,5-11H2,1-4H3/t14-/m1/s1. The molecule has 1 atom stereocenters. The maximum atomic E-state index is 13.1. The number of rotatable bonds is 7. The Morgan fingerprint density at radius 3 is 2.62 bits per heavy atom. The molecule has 1 aliphatic heterocycles. The molecule has 0 bridgehead atoms. The quantitative estimate of drug-likeness (QED) is 0.702. The van der Waals surface area contributed by atoms with Gasteiger partial charge in [0.15, 0.2) is 5.78 Å². The van der Waals surface area contributed by atoms with Gasteiger partial charge in [-0.25, -0.2) is 13.1 Å². The lowest BCUT2D eigenvalue weighted by molar-refractivity contribution is 0.0670. The zero-order valence-electron chi connectivity index (χ0n) is 16.0. The Morgan fingerprint density at radius 2 is 2.04 bits per heavy atom. The third kappa shape index (κ3) is 4.94. The lowest BCUT2D eigenvalue weighted by atomic mass is 9.97. The lowest BCUT2D eigenvalue weighted by Gasteiger charge is -2.32. The van der Waals surface area contributed by atoms with E-state index >= 15 is 0 Å².